The summed E-state index contributed by atoms with van der Waals surface area (Å²) in [5.41, 5.74) is 4.75. The van der Waals surface area contributed by atoms with Crippen LogP contribution in [0.15, 0.2) is 60.7 Å². The molecule has 1 saturated heterocycles. The van der Waals surface area contributed by atoms with Gasteiger partial charge in [-0.2, -0.15) is 0 Å². The fourth-order valence-corrected chi connectivity index (χ4v) is 4.46. The van der Waals surface area contributed by atoms with Crippen LogP contribution in [0.2, 0.25) is 10.0 Å². The largest absolute Gasteiger partial charge is 0.478 e. The number of benzene rings is 3. The molecule has 162 valence electrons. The van der Waals surface area contributed by atoms with E-state index in [1.54, 1.807) is 24.3 Å². The zero-order chi connectivity index (χ0) is 22.2. The summed E-state index contributed by atoms with van der Waals surface area (Å²) in [6, 6.07) is 18.9. The van der Waals surface area contributed by atoms with Gasteiger partial charge in [-0.15, -0.1) is 0 Å². The van der Waals surface area contributed by atoms with Gasteiger partial charge in [0.2, 0.25) is 0 Å². The number of piperazine rings is 1. The lowest BCUT2D eigenvalue weighted by atomic mass is 10.1. The Kier molecular flexibility index (Phi) is 5.41. The minimum absolute atomic E-state index is 0.226. The number of aromatic carboxylic acids is 1. The lowest BCUT2D eigenvalue weighted by Crippen LogP contribution is -2.46. The summed E-state index contributed by atoms with van der Waals surface area (Å²) in [5.74, 6) is -0.243. The highest BCUT2D eigenvalue weighted by atomic mass is 35.5. The first-order valence-corrected chi connectivity index (χ1v) is 11.0. The van der Waals surface area contributed by atoms with Gasteiger partial charge in [-0.3, -0.25) is 0 Å². The zero-order valence-electron chi connectivity index (χ0n) is 17.1. The van der Waals surface area contributed by atoms with Crippen LogP contribution in [0.1, 0.15) is 10.4 Å². The van der Waals surface area contributed by atoms with Crippen molar-refractivity contribution in [2.24, 2.45) is 0 Å². The normalized spacial score (nSPS) is 14.2. The molecule has 0 bridgehead atoms. The highest BCUT2D eigenvalue weighted by molar-refractivity contribution is 6.43. The van der Waals surface area contributed by atoms with Crippen molar-refractivity contribution in [3.8, 4) is 11.4 Å². The summed E-state index contributed by atoms with van der Waals surface area (Å²) in [6.07, 6.45) is 0. The maximum absolute atomic E-state index is 11.2. The van der Waals surface area contributed by atoms with Crippen LogP contribution in [-0.4, -0.2) is 47.2 Å². The predicted molar refractivity (Wildman–Crippen MR) is 129 cm³/mol. The fourth-order valence-electron chi connectivity index (χ4n) is 4.05. The molecule has 1 aromatic heterocycles. The van der Waals surface area contributed by atoms with Gasteiger partial charge >= 0.3 is 5.97 Å². The molecule has 0 amide bonds. The number of imidazole rings is 1. The number of carbonyl (C=O) groups is 1. The van der Waals surface area contributed by atoms with E-state index in [-0.39, 0.29) is 5.56 Å². The van der Waals surface area contributed by atoms with E-state index in [0.717, 1.165) is 54.5 Å². The Labute approximate surface area is 195 Å². The summed E-state index contributed by atoms with van der Waals surface area (Å²) >= 11 is 12.6. The second kappa shape index (κ2) is 8.37. The zero-order valence-corrected chi connectivity index (χ0v) is 18.6. The van der Waals surface area contributed by atoms with E-state index >= 15 is 0 Å². The van der Waals surface area contributed by atoms with Crippen molar-refractivity contribution >= 4 is 51.6 Å². The van der Waals surface area contributed by atoms with Crippen LogP contribution in [0.25, 0.3) is 22.4 Å². The first kappa shape index (κ1) is 20.7. The lowest BCUT2D eigenvalue weighted by molar-refractivity contribution is 0.0697. The molecule has 0 radical (unpaired) electrons. The molecular formula is C24H20Cl2N4O2. The quantitative estimate of drug-likeness (QED) is 0.411. The molecule has 3 aromatic carbocycles. The highest BCUT2D eigenvalue weighted by Gasteiger charge is 2.20. The van der Waals surface area contributed by atoms with Crippen molar-refractivity contribution in [1.29, 1.82) is 0 Å². The van der Waals surface area contributed by atoms with Crippen LogP contribution < -0.4 is 9.80 Å². The molecule has 1 fully saturated rings. The summed E-state index contributed by atoms with van der Waals surface area (Å²) in [5, 5.41) is 10.4. The molecular weight excluding hydrogens is 447 g/mol. The number of carboxylic acids is 1. The van der Waals surface area contributed by atoms with Gasteiger partial charge in [0.15, 0.2) is 0 Å². The van der Waals surface area contributed by atoms with Crippen molar-refractivity contribution in [3.05, 3.63) is 76.3 Å². The highest BCUT2D eigenvalue weighted by Crippen LogP contribution is 2.33. The molecule has 5 rings (SSSR count). The smallest absolute Gasteiger partial charge is 0.335 e. The average Bonchev–Trinajstić information content (AvgIpc) is 3.25. The van der Waals surface area contributed by atoms with Crippen LogP contribution in [0.3, 0.4) is 0 Å². The van der Waals surface area contributed by atoms with E-state index in [1.165, 1.54) is 0 Å². The lowest BCUT2D eigenvalue weighted by Gasteiger charge is -2.37. The number of nitrogens with one attached hydrogen (secondary N) is 1. The fraction of sp³-hybridized carbons (Fsp3) is 0.167. The maximum Gasteiger partial charge on any atom is 0.335 e. The Morgan fingerprint density at radius 2 is 1.66 bits per heavy atom. The third-order valence-corrected chi connectivity index (χ3v) is 6.60. The van der Waals surface area contributed by atoms with Crippen molar-refractivity contribution in [2.45, 2.75) is 0 Å². The Balaban J connectivity index is 1.30. The summed E-state index contributed by atoms with van der Waals surface area (Å²) in [6.45, 7) is 3.48. The molecule has 1 aliphatic rings. The number of carboxylic acid groups (broad SMARTS) is 1. The van der Waals surface area contributed by atoms with Gasteiger partial charge in [-0.05, 0) is 54.6 Å². The van der Waals surface area contributed by atoms with E-state index in [4.69, 9.17) is 23.2 Å². The number of aromatic nitrogens is 2. The molecule has 0 atom stereocenters. The average molecular weight is 467 g/mol. The molecule has 1 aliphatic heterocycles. The van der Waals surface area contributed by atoms with Gasteiger partial charge in [-0.25, -0.2) is 9.78 Å². The molecule has 0 spiro atoms. The molecule has 0 aliphatic carbocycles. The number of H-pyrrole nitrogens is 1. The van der Waals surface area contributed by atoms with Crippen molar-refractivity contribution < 1.29 is 9.90 Å². The van der Waals surface area contributed by atoms with Crippen molar-refractivity contribution in [1.82, 2.24) is 9.97 Å². The molecule has 2 heterocycles. The molecule has 6 nitrogen and oxygen atoms in total. The summed E-state index contributed by atoms with van der Waals surface area (Å²) in [7, 11) is 0. The minimum Gasteiger partial charge on any atom is -0.478 e. The van der Waals surface area contributed by atoms with Crippen LogP contribution in [0.5, 0.6) is 0 Å². The Hall–Kier alpha value is -3.22. The number of hydrogen-bond donors (Lipinski definition) is 2. The number of rotatable bonds is 4. The molecule has 32 heavy (non-hydrogen) atoms. The van der Waals surface area contributed by atoms with Crippen molar-refractivity contribution in [2.75, 3.05) is 36.0 Å². The minimum atomic E-state index is -0.960. The standard InChI is InChI=1S/C24H20Cl2N4O2/c25-18-2-1-3-21(22(18)26)30-12-10-29(11-13-30)17-7-4-15(5-8-17)23-27-19-9-6-16(24(31)32)14-20(19)28-23/h1-9,14H,10-13H2,(H,27,28)(H,31,32). The van der Waals surface area contributed by atoms with Gasteiger partial charge < -0.3 is 19.9 Å². The van der Waals surface area contributed by atoms with Crippen LogP contribution in [-0.2, 0) is 0 Å². The van der Waals surface area contributed by atoms with Crippen LogP contribution in [0.4, 0.5) is 11.4 Å². The Bertz CT molecular complexity index is 1300. The molecule has 0 saturated carbocycles. The molecule has 4 aromatic rings. The maximum atomic E-state index is 11.2. The van der Waals surface area contributed by atoms with Crippen LogP contribution >= 0.6 is 23.2 Å². The first-order valence-electron chi connectivity index (χ1n) is 10.3. The number of hydrogen-bond acceptors (Lipinski definition) is 4. The van der Waals surface area contributed by atoms with E-state index in [9.17, 15) is 9.90 Å². The number of fused-ring (bicyclic) bond motifs is 1. The SMILES string of the molecule is O=C(O)c1ccc2[nH]c(-c3ccc(N4CCN(c5cccc(Cl)c5Cl)CC4)cc3)nc2c1. The molecule has 8 heteroatoms. The van der Waals surface area contributed by atoms with E-state index in [2.05, 4.69) is 31.9 Å². The summed E-state index contributed by atoms with van der Waals surface area (Å²) < 4.78 is 0. The Morgan fingerprint density at radius 3 is 2.38 bits per heavy atom. The topological polar surface area (TPSA) is 72.5 Å². The Morgan fingerprint density at radius 1 is 0.938 bits per heavy atom. The summed E-state index contributed by atoms with van der Waals surface area (Å²) in [4.78, 5) is 23.6. The molecule has 2 N–H and O–H groups in total. The van der Waals surface area contributed by atoms with Gasteiger partial charge in [0.1, 0.15) is 5.82 Å². The third kappa shape index (κ3) is 3.87. The van der Waals surface area contributed by atoms with Crippen LogP contribution in [0, 0.1) is 0 Å². The van der Waals surface area contributed by atoms with E-state index in [1.807, 2.05) is 24.3 Å². The predicted octanol–water partition coefficient (Wildman–Crippen LogP) is 5.56. The van der Waals surface area contributed by atoms with Crippen molar-refractivity contribution in [3.63, 3.8) is 0 Å². The second-order valence-electron chi connectivity index (χ2n) is 7.72. The monoisotopic (exact) mass is 466 g/mol. The van der Waals surface area contributed by atoms with E-state index < -0.39 is 5.97 Å². The van der Waals surface area contributed by atoms with Gasteiger partial charge in [0, 0.05) is 37.4 Å². The number of halogens is 2. The first-order chi connectivity index (χ1) is 15.5. The van der Waals surface area contributed by atoms with E-state index in [0.29, 0.717) is 15.6 Å². The third-order valence-electron chi connectivity index (χ3n) is 5.79. The van der Waals surface area contributed by atoms with Gasteiger partial charge in [0.25, 0.3) is 0 Å². The second-order valence-corrected chi connectivity index (χ2v) is 8.50. The van der Waals surface area contributed by atoms with Gasteiger partial charge in [0.05, 0.1) is 32.3 Å². The number of nitrogens with zero attached hydrogens (tertiary/aromatic N) is 3. The number of aromatic amines is 1. The molecule has 0 unspecified atom stereocenters. The van der Waals surface area contributed by atoms with Gasteiger partial charge in [-0.1, -0.05) is 29.3 Å². The number of anilines is 2.